The van der Waals surface area contributed by atoms with Gasteiger partial charge in [0.1, 0.15) is 11.5 Å². The Balaban J connectivity index is 2.54. The van der Waals surface area contributed by atoms with Gasteiger partial charge in [-0.25, -0.2) is 0 Å². The quantitative estimate of drug-likeness (QED) is 0.587. The van der Waals surface area contributed by atoms with Gasteiger partial charge >= 0.3 is 0 Å². The van der Waals surface area contributed by atoms with Crippen LogP contribution in [0, 0.1) is 0 Å². The summed E-state index contributed by atoms with van der Waals surface area (Å²) >= 11 is 0. The number of ether oxygens (including phenoxy) is 1. The molecule has 62 valence electrons. The second-order valence-corrected chi connectivity index (χ2v) is 2.48. The fraction of sp³-hybridized carbons (Fsp3) is 0.125. The highest BCUT2D eigenvalue weighted by molar-refractivity contribution is 5.98. The molecule has 0 saturated heterocycles. The van der Waals surface area contributed by atoms with Crippen LogP contribution in [0.15, 0.2) is 18.2 Å². The highest BCUT2D eigenvalue weighted by Crippen LogP contribution is 2.24. The van der Waals surface area contributed by atoms with E-state index < -0.39 is 0 Å². The number of carbonyl (C=O) groups is 1. The zero-order chi connectivity index (χ0) is 8.55. The number of benzene rings is 1. The molecule has 0 aromatic heterocycles. The Morgan fingerprint density at radius 2 is 2.33 bits per heavy atom. The van der Waals surface area contributed by atoms with Crippen molar-refractivity contribution >= 4 is 5.91 Å². The normalized spacial score (nSPS) is 14.5. The van der Waals surface area contributed by atoms with Gasteiger partial charge in [0, 0.05) is 0 Å². The van der Waals surface area contributed by atoms with Crippen LogP contribution in [-0.2, 0) is 0 Å². The van der Waals surface area contributed by atoms with E-state index in [1.54, 1.807) is 6.07 Å². The van der Waals surface area contributed by atoms with Crippen LogP contribution in [0.2, 0.25) is 0 Å². The van der Waals surface area contributed by atoms with E-state index in [0.717, 1.165) is 0 Å². The van der Waals surface area contributed by atoms with Crippen LogP contribution in [0.25, 0.3) is 0 Å². The molecule has 0 atom stereocenters. The minimum Gasteiger partial charge on any atom is -0.508 e. The molecule has 0 aliphatic carbocycles. The first kappa shape index (κ1) is 6.97. The van der Waals surface area contributed by atoms with Crippen LogP contribution >= 0.6 is 0 Å². The predicted molar refractivity (Wildman–Crippen MR) is 41.1 cm³/mol. The number of aromatic hydroxyl groups is 1. The van der Waals surface area contributed by atoms with E-state index in [9.17, 15) is 4.79 Å². The Morgan fingerprint density at radius 3 is 3.17 bits per heavy atom. The maximum atomic E-state index is 11.1. The summed E-state index contributed by atoms with van der Waals surface area (Å²) in [5.74, 6) is 0.359. The van der Waals surface area contributed by atoms with Crippen molar-refractivity contribution in [1.82, 2.24) is 5.32 Å². The van der Waals surface area contributed by atoms with Crippen molar-refractivity contribution in [2.75, 3.05) is 6.73 Å². The number of nitrogens with one attached hydrogen (secondary N) is 1. The van der Waals surface area contributed by atoms with Crippen LogP contribution in [0.4, 0.5) is 0 Å². The predicted octanol–water partition coefficient (Wildman–Crippen LogP) is 0.472. The van der Waals surface area contributed by atoms with E-state index in [2.05, 4.69) is 5.32 Å². The Hall–Kier alpha value is -1.71. The van der Waals surface area contributed by atoms with Crippen LogP contribution in [0.3, 0.4) is 0 Å². The third-order valence-electron chi connectivity index (χ3n) is 1.67. The molecule has 12 heavy (non-hydrogen) atoms. The standard InChI is InChI=1S/C8H7NO3/c10-5-1-2-7-6(3-5)8(11)9-4-12-7/h1-3,10H,4H2,(H,9,11). The topological polar surface area (TPSA) is 58.6 Å². The SMILES string of the molecule is O=C1NCOc2ccc(O)cc21. The van der Waals surface area contributed by atoms with Gasteiger partial charge in [0.2, 0.25) is 0 Å². The lowest BCUT2D eigenvalue weighted by molar-refractivity contribution is 0.0882. The van der Waals surface area contributed by atoms with Crippen LogP contribution < -0.4 is 10.1 Å². The van der Waals surface area contributed by atoms with Crippen molar-refractivity contribution in [3.05, 3.63) is 23.8 Å². The van der Waals surface area contributed by atoms with Crippen LogP contribution in [0.5, 0.6) is 11.5 Å². The molecule has 4 heteroatoms. The number of amides is 1. The Morgan fingerprint density at radius 1 is 1.50 bits per heavy atom. The van der Waals surface area contributed by atoms with Crippen LogP contribution in [0.1, 0.15) is 10.4 Å². The number of hydrogen-bond acceptors (Lipinski definition) is 3. The molecular formula is C8H7NO3. The first-order valence-electron chi connectivity index (χ1n) is 3.51. The average Bonchev–Trinajstić information content (AvgIpc) is 2.07. The van der Waals surface area contributed by atoms with Gasteiger partial charge in [0.25, 0.3) is 5.91 Å². The lowest BCUT2D eigenvalue weighted by Gasteiger charge is -2.17. The van der Waals surface area contributed by atoms with Crippen molar-refractivity contribution in [1.29, 1.82) is 0 Å². The summed E-state index contributed by atoms with van der Waals surface area (Å²) in [5, 5.41) is 11.6. The van der Waals surface area contributed by atoms with Gasteiger partial charge in [-0.05, 0) is 18.2 Å². The molecule has 1 heterocycles. The van der Waals surface area contributed by atoms with Gasteiger partial charge in [-0.3, -0.25) is 4.79 Å². The molecule has 0 saturated carbocycles. The summed E-state index contributed by atoms with van der Waals surface area (Å²) in [6, 6.07) is 4.44. The molecule has 0 radical (unpaired) electrons. The first-order chi connectivity index (χ1) is 5.77. The van der Waals surface area contributed by atoms with E-state index in [0.29, 0.717) is 11.3 Å². The maximum absolute atomic E-state index is 11.1. The largest absolute Gasteiger partial charge is 0.508 e. The molecule has 0 fully saturated rings. The second-order valence-electron chi connectivity index (χ2n) is 2.48. The zero-order valence-electron chi connectivity index (χ0n) is 6.20. The van der Waals surface area contributed by atoms with Gasteiger partial charge < -0.3 is 15.2 Å². The summed E-state index contributed by atoms with van der Waals surface area (Å²) in [6.07, 6.45) is 0. The van der Waals surface area contributed by atoms with Gasteiger partial charge in [0.05, 0.1) is 5.56 Å². The molecule has 0 bridgehead atoms. The minimum absolute atomic E-state index is 0.0643. The summed E-state index contributed by atoms with van der Waals surface area (Å²) in [7, 11) is 0. The lowest BCUT2D eigenvalue weighted by Crippen LogP contribution is -2.32. The highest BCUT2D eigenvalue weighted by atomic mass is 16.5. The molecule has 1 aromatic carbocycles. The monoisotopic (exact) mass is 165 g/mol. The van der Waals surface area contributed by atoms with Crippen molar-refractivity contribution in [2.45, 2.75) is 0 Å². The van der Waals surface area contributed by atoms with E-state index in [1.165, 1.54) is 12.1 Å². The lowest BCUT2D eigenvalue weighted by atomic mass is 10.1. The smallest absolute Gasteiger partial charge is 0.257 e. The van der Waals surface area contributed by atoms with Gasteiger partial charge in [-0.2, -0.15) is 0 Å². The summed E-state index contributed by atoms with van der Waals surface area (Å²) < 4.78 is 5.11. The molecule has 0 spiro atoms. The number of phenols is 1. The van der Waals surface area contributed by atoms with E-state index in [4.69, 9.17) is 9.84 Å². The number of carbonyl (C=O) groups excluding carboxylic acids is 1. The number of rotatable bonds is 0. The average molecular weight is 165 g/mol. The van der Waals surface area contributed by atoms with Gasteiger partial charge in [-0.1, -0.05) is 0 Å². The minimum atomic E-state index is -0.216. The Labute approximate surface area is 68.8 Å². The molecule has 1 aromatic rings. The fourth-order valence-corrected chi connectivity index (χ4v) is 1.10. The summed E-state index contributed by atoms with van der Waals surface area (Å²) in [5.41, 5.74) is 0.376. The number of fused-ring (bicyclic) bond motifs is 1. The molecule has 1 aliphatic rings. The van der Waals surface area contributed by atoms with Crippen molar-refractivity contribution in [2.24, 2.45) is 0 Å². The van der Waals surface area contributed by atoms with Crippen molar-refractivity contribution in [3.63, 3.8) is 0 Å². The zero-order valence-corrected chi connectivity index (χ0v) is 6.20. The van der Waals surface area contributed by atoms with Crippen molar-refractivity contribution in [3.8, 4) is 11.5 Å². The van der Waals surface area contributed by atoms with E-state index in [-0.39, 0.29) is 18.4 Å². The number of phenolic OH excluding ortho intramolecular Hbond substituents is 1. The molecular weight excluding hydrogens is 158 g/mol. The first-order valence-corrected chi connectivity index (χ1v) is 3.51. The third kappa shape index (κ3) is 0.972. The fourth-order valence-electron chi connectivity index (χ4n) is 1.10. The molecule has 1 amide bonds. The number of hydrogen-bond donors (Lipinski definition) is 2. The van der Waals surface area contributed by atoms with E-state index in [1.807, 2.05) is 0 Å². The van der Waals surface area contributed by atoms with Gasteiger partial charge in [0.15, 0.2) is 6.73 Å². The van der Waals surface area contributed by atoms with Crippen LogP contribution in [-0.4, -0.2) is 17.7 Å². The molecule has 1 aliphatic heterocycles. The van der Waals surface area contributed by atoms with Crippen molar-refractivity contribution < 1.29 is 14.6 Å². The molecule has 2 N–H and O–H groups in total. The highest BCUT2D eigenvalue weighted by Gasteiger charge is 2.17. The second kappa shape index (κ2) is 2.41. The molecule has 2 rings (SSSR count). The third-order valence-corrected chi connectivity index (χ3v) is 1.67. The summed E-state index contributed by atoms with van der Waals surface area (Å²) in [6.45, 7) is 0.191. The summed E-state index contributed by atoms with van der Waals surface area (Å²) in [4.78, 5) is 11.1. The van der Waals surface area contributed by atoms with E-state index >= 15 is 0 Å². The maximum Gasteiger partial charge on any atom is 0.257 e. The Bertz CT molecular complexity index is 335. The van der Waals surface area contributed by atoms with Gasteiger partial charge in [-0.15, -0.1) is 0 Å². The molecule has 4 nitrogen and oxygen atoms in total. The molecule has 0 unspecified atom stereocenters. The Kier molecular flexibility index (Phi) is 1.40.